The van der Waals surface area contributed by atoms with Gasteiger partial charge in [0.1, 0.15) is 29.2 Å². The minimum Gasteiger partial charge on any atom is -0.447 e. The number of hydrogen-bond acceptors (Lipinski definition) is 8. The number of halogens is 7. The quantitative estimate of drug-likeness (QED) is 0.0878. The lowest BCUT2D eigenvalue weighted by Gasteiger charge is -2.39. The maximum absolute atomic E-state index is 16.1. The summed E-state index contributed by atoms with van der Waals surface area (Å²) in [5.41, 5.74) is -4.31. The highest BCUT2D eigenvalue weighted by atomic mass is 35.5. The van der Waals surface area contributed by atoms with Crippen LogP contribution in [-0.4, -0.2) is 87.7 Å². The van der Waals surface area contributed by atoms with Crippen molar-refractivity contribution in [3.63, 3.8) is 0 Å². The summed E-state index contributed by atoms with van der Waals surface area (Å²) in [6.07, 6.45) is -3.36. The Morgan fingerprint density at radius 1 is 1.25 bits per heavy atom. The van der Waals surface area contributed by atoms with Gasteiger partial charge in [-0.3, -0.25) is 20.1 Å². The number of hydrogen-bond donors (Lipinski definition) is 3. The van der Waals surface area contributed by atoms with Gasteiger partial charge in [-0.15, -0.1) is 5.10 Å². The van der Waals surface area contributed by atoms with Gasteiger partial charge in [-0.25, -0.2) is 27.7 Å². The van der Waals surface area contributed by atoms with E-state index in [1.165, 1.54) is 24.3 Å². The van der Waals surface area contributed by atoms with E-state index in [4.69, 9.17) is 21.7 Å². The predicted molar refractivity (Wildman–Crippen MR) is 196 cm³/mol. The SMILES string of the molecule is C=NN(/C(=N\C)C(F)F)c1cc([C@@H](COC(=O)NC2(C(F)(F)F)CC2)N2C(=N)N[C@](CC(C)(C)C)(C3C=C(F)C(c4cn(C5CC5)nn4)=CC3)C2=O)ccc1Cl. The Morgan fingerprint density at radius 3 is 2.50 bits per heavy atom. The highest BCUT2D eigenvalue weighted by Gasteiger charge is 2.65. The van der Waals surface area contributed by atoms with E-state index in [0.29, 0.717) is 10.7 Å². The van der Waals surface area contributed by atoms with Crippen molar-refractivity contribution >= 4 is 53.4 Å². The molecule has 56 heavy (non-hydrogen) atoms. The van der Waals surface area contributed by atoms with Crippen LogP contribution in [0.3, 0.4) is 0 Å². The lowest BCUT2D eigenvalue weighted by Crippen LogP contribution is -2.55. The third-order valence-corrected chi connectivity index (χ3v) is 10.5. The molecule has 4 aliphatic rings. The van der Waals surface area contributed by atoms with E-state index < -0.39 is 77.3 Å². The average molecular weight is 811 g/mol. The number of alkyl carbamates (subject to hydrolysis) is 1. The molecule has 2 saturated carbocycles. The maximum atomic E-state index is 16.1. The number of carbonyl (C=O) groups is 2. The van der Waals surface area contributed by atoms with E-state index >= 15 is 9.18 Å². The Bertz CT molecular complexity index is 2000. The molecule has 1 aliphatic heterocycles. The number of anilines is 1. The van der Waals surface area contributed by atoms with Gasteiger partial charge in [0.25, 0.3) is 12.3 Å². The van der Waals surface area contributed by atoms with Crippen molar-refractivity contribution in [2.75, 3.05) is 18.7 Å². The minimum atomic E-state index is -4.75. The molecule has 1 aromatic carbocycles. The molecule has 0 bridgehead atoms. The molecule has 3 atom stereocenters. The molecule has 1 unspecified atom stereocenters. The summed E-state index contributed by atoms with van der Waals surface area (Å²) in [7, 11) is 1.10. The van der Waals surface area contributed by atoms with E-state index in [1.807, 2.05) is 26.1 Å². The van der Waals surface area contributed by atoms with Crippen LogP contribution in [0.2, 0.25) is 5.02 Å². The van der Waals surface area contributed by atoms with Gasteiger partial charge in [-0.05, 0) is 67.7 Å². The molecule has 2 aromatic rings. The number of nitrogens with zero attached hydrogens (tertiary/aromatic N) is 7. The lowest BCUT2D eigenvalue weighted by molar-refractivity contribution is -0.164. The first-order chi connectivity index (χ1) is 26.2. The van der Waals surface area contributed by atoms with Crippen LogP contribution in [0.4, 0.5) is 36.8 Å². The van der Waals surface area contributed by atoms with Gasteiger partial charge in [0.15, 0.2) is 11.8 Å². The summed E-state index contributed by atoms with van der Waals surface area (Å²) in [4.78, 5) is 32.5. The topological polar surface area (TPSA) is 153 Å². The molecule has 3 fully saturated rings. The number of nitrogens with one attached hydrogen (secondary N) is 3. The molecule has 20 heteroatoms. The largest absolute Gasteiger partial charge is 0.447 e. The zero-order chi connectivity index (χ0) is 41.0. The van der Waals surface area contributed by atoms with Crippen molar-refractivity contribution in [3.8, 4) is 0 Å². The van der Waals surface area contributed by atoms with E-state index in [0.717, 1.165) is 24.8 Å². The molecule has 1 saturated heterocycles. The van der Waals surface area contributed by atoms with Gasteiger partial charge in [-0.1, -0.05) is 49.7 Å². The van der Waals surface area contributed by atoms with Crippen molar-refractivity contribution in [1.82, 2.24) is 30.5 Å². The van der Waals surface area contributed by atoms with Gasteiger partial charge in [0.05, 0.1) is 29.0 Å². The monoisotopic (exact) mass is 810 g/mol. The first kappa shape index (κ1) is 40.7. The van der Waals surface area contributed by atoms with Gasteiger partial charge >= 0.3 is 12.3 Å². The number of alkyl halides is 5. The van der Waals surface area contributed by atoms with Crippen molar-refractivity contribution in [2.45, 2.75) is 95.1 Å². The number of hydrazone groups is 1. The van der Waals surface area contributed by atoms with E-state index in [-0.39, 0.29) is 53.6 Å². The molecule has 6 rings (SSSR count). The first-order valence-corrected chi connectivity index (χ1v) is 18.1. The second-order valence-corrected chi connectivity index (χ2v) is 15.9. The highest BCUT2D eigenvalue weighted by molar-refractivity contribution is 6.34. The van der Waals surface area contributed by atoms with E-state index in [9.17, 15) is 26.7 Å². The van der Waals surface area contributed by atoms with Crippen LogP contribution in [-0.2, 0) is 9.53 Å². The number of amidine groups is 1. The summed E-state index contributed by atoms with van der Waals surface area (Å²) in [6.45, 7) is 8.11. The molecule has 2 heterocycles. The van der Waals surface area contributed by atoms with Gasteiger partial charge < -0.3 is 15.4 Å². The van der Waals surface area contributed by atoms with Gasteiger partial charge in [-0.2, -0.15) is 18.3 Å². The van der Waals surface area contributed by atoms with Gasteiger partial charge in [0.2, 0.25) is 0 Å². The number of amides is 2. The number of benzene rings is 1. The fourth-order valence-electron chi connectivity index (χ4n) is 7.21. The standard InChI is InChI=1S/C36H41ClF6N10O3/c1-33(2,3)18-35(20-7-10-22(24(38)15-20)25-16-51(50-49-25)21-8-9-21)30(54)52(31(44)47-35)27(17-56-32(55)48-34(12-13-34)36(41,42)43)19-6-11-23(37)26(14-19)53(46-5)29(45-4)28(39)40/h6,10-11,14-16,20-21,27-28H,5,7-9,12-13,17-18H2,1-4H3,(H2,44,47)(H,48,55)/b45-29-/t20?,27-,35-/m1/s1. The fraction of sp³-hybridized carbons (Fsp3) is 0.528. The smallest absolute Gasteiger partial charge is 0.411 e. The number of aliphatic imine (C=N–C) groups is 1. The first-order valence-electron chi connectivity index (χ1n) is 17.8. The number of aromatic nitrogens is 3. The molecule has 3 aliphatic carbocycles. The third kappa shape index (κ3) is 7.86. The Hall–Kier alpha value is -4.94. The molecule has 302 valence electrons. The average Bonchev–Trinajstić information content (AvgIpc) is 4.04. The number of rotatable bonds is 12. The van der Waals surface area contributed by atoms with Crippen LogP contribution in [0.25, 0.3) is 5.57 Å². The molecule has 0 spiro atoms. The van der Waals surface area contributed by atoms with Crippen LogP contribution in [0.15, 0.2) is 52.5 Å². The zero-order valence-electron chi connectivity index (χ0n) is 30.9. The van der Waals surface area contributed by atoms with Crippen molar-refractivity contribution in [2.24, 2.45) is 21.4 Å². The molecule has 1 aromatic heterocycles. The Labute approximate surface area is 323 Å². The normalized spacial score (nSPS) is 23.0. The molecule has 3 N–H and O–H groups in total. The van der Waals surface area contributed by atoms with Crippen LogP contribution in [0.1, 0.15) is 82.6 Å². The molecule has 2 amide bonds. The Morgan fingerprint density at radius 2 is 1.95 bits per heavy atom. The number of guanidine groups is 1. The number of allylic oxidation sites excluding steroid dienone is 3. The van der Waals surface area contributed by atoms with Crippen molar-refractivity contribution in [1.29, 1.82) is 5.41 Å². The maximum Gasteiger partial charge on any atom is 0.411 e. The molecular weight excluding hydrogens is 770 g/mol. The van der Waals surface area contributed by atoms with Crippen LogP contribution in [0, 0.1) is 16.7 Å². The summed E-state index contributed by atoms with van der Waals surface area (Å²) < 4.78 is 92.2. The summed E-state index contributed by atoms with van der Waals surface area (Å²) >= 11 is 6.43. The second kappa shape index (κ2) is 14.9. The number of ether oxygens (including phenoxy) is 1. The summed E-state index contributed by atoms with van der Waals surface area (Å²) in [6, 6.07) is 2.66. The molecule has 13 nitrogen and oxygen atoms in total. The minimum absolute atomic E-state index is 0.0604. The van der Waals surface area contributed by atoms with Crippen molar-refractivity contribution < 1.29 is 40.7 Å². The summed E-state index contributed by atoms with van der Waals surface area (Å²) in [5.74, 6) is -3.58. The Balaban J connectivity index is 1.38. The number of carbonyl (C=O) groups excluding carboxylic acids is 2. The fourth-order valence-corrected chi connectivity index (χ4v) is 7.41. The molecule has 0 radical (unpaired) electrons. The second-order valence-electron chi connectivity index (χ2n) is 15.5. The van der Waals surface area contributed by atoms with Crippen LogP contribution in [0.5, 0.6) is 0 Å². The van der Waals surface area contributed by atoms with E-state index in [1.54, 1.807) is 17.0 Å². The van der Waals surface area contributed by atoms with Crippen molar-refractivity contribution in [3.05, 3.63) is 58.7 Å². The molecular formula is C36H41ClF6N10O3. The highest BCUT2D eigenvalue weighted by Crippen LogP contribution is 2.49. The van der Waals surface area contributed by atoms with E-state index in [2.05, 4.69) is 32.4 Å². The zero-order valence-corrected chi connectivity index (χ0v) is 31.7. The third-order valence-electron chi connectivity index (χ3n) is 10.2. The summed E-state index contributed by atoms with van der Waals surface area (Å²) in [5, 5.41) is 26.5. The predicted octanol–water partition coefficient (Wildman–Crippen LogP) is 7.34. The lowest BCUT2D eigenvalue weighted by atomic mass is 9.69. The van der Waals surface area contributed by atoms with Crippen LogP contribution >= 0.6 is 11.6 Å². The Kier molecular flexibility index (Phi) is 10.8. The van der Waals surface area contributed by atoms with Crippen LogP contribution < -0.4 is 15.6 Å². The van der Waals surface area contributed by atoms with Gasteiger partial charge in [0, 0.05) is 25.3 Å².